The lowest BCUT2D eigenvalue weighted by Gasteiger charge is -2.47. The van der Waals surface area contributed by atoms with Crippen LogP contribution in [0.5, 0.6) is 0 Å². The summed E-state index contributed by atoms with van der Waals surface area (Å²) >= 11 is -2.09. The van der Waals surface area contributed by atoms with Gasteiger partial charge in [0.15, 0.2) is 5.78 Å². The average Bonchev–Trinajstić information content (AvgIpc) is 3.30. The minimum absolute atomic E-state index is 0.00960. The van der Waals surface area contributed by atoms with E-state index in [1.54, 1.807) is 0 Å². The first-order chi connectivity index (χ1) is 16.5. The number of allylic oxidation sites excluding steroid dienone is 2. The molecule has 34 heavy (non-hydrogen) atoms. The number of nitriles is 1. The van der Waals surface area contributed by atoms with Gasteiger partial charge < -0.3 is 0 Å². The summed E-state index contributed by atoms with van der Waals surface area (Å²) in [6, 6.07) is 19.9. The quantitative estimate of drug-likeness (QED) is 0.488. The molecule has 0 spiro atoms. The molecular formula is C26H24N4O3S. The van der Waals surface area contributed by atoms with Crippen molar-refractivity contribution in [1.82, 2.24) is 14.9 Å². The van der Waals surface area contributed by atoms with Crippen LogP contribution in [0.1, 0.15) is 35.7 Å². The molecule has 0 aliphatic heterocycles. The Hall–Kier alpha value is -3.38. The fourth-order valence-electron chi connectivity index (χ4n) is 5.67. The Balaban J connectivity index is 1.69. The highest BCUT2D eigenvalue weighted by molar-refractivity contribution is 7.77. The van der Waals surface area contributed by atoms with Crippen molar-refractivity contribution in [2.24, 2.45) is 11.8 Å². The fourth-order valence-corrected chi connectivity index (χ4v) is 5.96. The Bertz CT molecular complexity index is 1360. The molecular weight excluding hydrogens is 448 g/mol. The van der Waals surface area contributed by atoms with Gasteiger partial charge in [-0.15, -0.1) is 0 Å². The zero-order chi connectivity index (χ0) is 23.9. The van der Waals surface area contributed by atoms with Crippen LogP contribution in [0.25, 0.3) is 11.3 Å². The number of carbonyl (C=O) groups is 1. The Morgan fingerprint density at radius 2 is 2.06 bits per heavy atom. The number of aromatic amines is 1. The van der Waals surface area contributed by atoms with Gasteiger partial charge in [-0.3, -0.25) is 14.4 Å². The number of ketones is 1. The Morgan fingerprint density at radius 3 is 2.79 bits per heavy atom. The number of fused-ring (bicyclic) bond motifs is 3. The molecule has 1 heterocycles. The molecule has 0 amide bonds. The molecule has 2 aliphatic rings. The highest BCUT2D eigenvalue weighted by Gasteiger charge is 2.53. The zero-order valence-corrected chi connectivity index (χ0v) is 19.4. The number of nitrogens with one attached hydrogen (secondary N) is 2. The van der Waals surface area contributed by atoms with Crippen LogP contribution in [0.4, 0.5) is 0 Å². The van der Waals surface area contributed by atoms with Crippen LogP contribution in [-0.4, -0.2) is 24.7 Å². The van der Waals surface area contributed by atoms with Crippen molar-refractivity contribution in [1.29, 1.82) is 5.26 Å². The molecule has 1 aromatic heterocycles. The first kappa shape index (κ1) is 22.4. The number of hydrogen-bond donors (Lipinski definition) is 3. The lowest BCUT2D eigenvalue weighted by molar-refractivity contribution is -0.121. The molecule has 2 aliphatic carbocycles. The molecule has 0 saturated carbocycles. The molecule has 2 unspecified atom stereocenters. The highest BCUT2D eigenvalue weighted by atomic mass is 32.2. The fraction of sp³-hybridized carbons (Fsp3) is 0.269. The molecule has 172 valence electrons. The number of carbonyl (C=O) groups excluding carboxylic acids is 1. The van der Waals surface area contributed by atoms with Gasteiger partial charge in [-0.25, -0.2) is 8.93 Å². The molecule has 0 bridgehead atoms. The van der Waals surface area contributed by atoms with Gasteiger partial charge in [-0.2, -0.15) is 10.4 Å². The molecule has 5 rings (SSSR count). The molecule has 8 heteroatoms. The van der Waals surface area contributed by atoms with Crippen LogP contribution in [0.3, 0.4) is 0 Å². The summed E-state index contributed by atoms with van der Waals surface area (Å²) in [4.78, 5) is 12.9. The third kappa shape index (κ3) is 3.53. The third-order valence-corrected chi connectivity index (χ3v) is 7.59. The molecule has 0 saturated heterocycles. The second-order valence-electron chi connectivity index (χ2n) is 8.90. The van der Waals surface area contributed by atoms with Crippen molar-refractivity contribution in [3.8, 4) is 17.3 Å². The van der Waals surface area contributed by atoms with Gasteiger partial charge in [0.1, 0.15) is 6.07 Å². The maximum atomic E-state index is 12.9. The van der Waals surface area contributed by atoms with Gasteiger partial charge in [-0.1, -0.05) is 55.5 Å². The van der Waals surface area contributed by atoms with Crippen molar-refractivity contribution in [2.75, 3.05) is 0 Å². The van der Waals surface area contributed by atoms with Crippen LogP contribution in [0, 0.1) is 23.2 Å². The second-order valence-corrected chi connectivity index (χ2v) is 9.69. The standard InChI is InChI=1S/C26H24N4O3S/c1-16-22-11-10-21-23(18-7-5-6-17(12-18)15-28-34(32)33)29-30-25(21)26(22,13-19(14-27)24(16)31)20-8-3-2-4-9-20/h2-9,12-13,16,22,28H,10-11,15H2,1H3,(H,29,30)(H,32,33)/t16-,22?,26+/m0/s1. The normalized spacial score (nSPS) is 24.5. The minimum Gasteiger partial charge on any atom is -0.294 e. The Kier molecular flexibility index (Phi) is 5.78. The number of rotatable bonds is 5. The highest BCUT2D eigenvalue weighted by Crippen LogP contribution is 2.54. The van der Waals surface area contributed by atoms with Gasteiger partial charge in [0.2, 0.25) is 11.3 Å². The van der Waals surface area contributed by atoms with E-state index in [0.29, 0.717) is 0 Å². The van der Waals surface area contributed by atoms with Crippen LogP contribution in [0.15, 0.2) is 66.2 Å². The summed E-state index contributed by atoms with van der Waals surface area (Å²) in [5.74, 6) is -0.368. The van der Waals surface area contributed by atoms with E-state index in [0.717, 1.165) is 46.5 Å². The lowest BCUT2D eigenvalue weighted by atomic mass is 9.54. The molecule has 0 radical (unpaired) electrons. The molecule has 2 aromatic carbocycles. The van der Waals surface area contributed by atoms with Crippen molar-refractivity contribution < 1.29 is 13.6 Å². The van der Waals surface area contributed by atoms with Gasteiger partial charge in [0.05, 0.1) is 22.4 Å². The Labute approximate surface area is 200 Å². The topological polar surface area (TPSA) is 119 Å². The third-order valence-electron chi connectivity index (χ3n) is 7.20. The van der Waals surface area contributed by atoms with Crippen LogP contribution < -0.4 is 4.72 Å². The van der Waals surface area contributed by atoms with Crippen molar-refractivity contribution in [2.45, 2.75) is 31.7 Å². The molecule has 4 atom stereocenters. The summed E-state index contributed by atoms with van der Waals surface area (Å²) in [5.41, 5.74) is 5.19. The van der Waals surface area contributed by atoms with Gasteiger partial charge in [-0.05, 0) is 42.0 Å². The largest absolute Gasteiger partial charge is 0.294 e. The number of hydrogen-bond acceptors (Lipinski definition) is 4. The van der Waals surface area contributed by atoms with E-state index in [4.69, 9.17) is 9.65 Å². The summed E-state index contributed by atoms with van der Waals surface area (Å²) in [6.07, 6.45) is 3.41. The van der Waals surface area contributed by atoms with Crippen molar-refractivity contribution >= 4 is 17.0 Å². The van der Waals surface area contributed by atoms with E-state index in [9.17, 15) is 14.3 Å². The maximum Gasteiger partial charge on any atom is 0.232 e. The number of benzene rings is 2. The summed E-state index contributed by atoms with van der Waals surface area (Å²) in [7, 11) is 0. The number of Topliss-reactive ketones (excluding diaryl/α,β-unsaturated/α-hetero) is 1. The molecule has 7 nitrogen and oxygen atoms in total. The van der Waals surface area contributed by atoms with Gasteiger partial charge >= 0.3 is 0 Å². The van der Waals surface area contributed by atoms with Crippen molar-refractivity contribution in [3.05, 3.63) is 88.6 Å². The number of aromatic nitrogens is 2. The van der Waals surface area contributed by atoms with E-state index in [2.05, 4.69) is 28.0 Å². The Morgan fingerprint density at radius 1 is 1.26 bits per heavy atom. The van der Waals surface area contributed by atoms with Crippen LogP contribution in [0.2, 0.25) is 0 Å². The summed E-state index contributed by atoms with van der Waals surface area (Å²) in [6.45, 7) is 2.19. The van der Waals surface area contributed by atoms with Crippen molar-refractivity contribution in [3.63, 3.8) is 0 Å². The average molecular weight is 473 g/mol. The SMILES string of the molecule is C[C@@H]1C(=O)C(C#N)=C[C@]2(c3ccccc3)c3[nH]nc(-c4cccc(CNS(=O)O)c4)c3CCC12. The predicted molar refractivity (Wildman–Crippen MR) is 129 cm³/mol. The summed E-state index contributed by atoms with van der Waals surface area (Å²) < 4.78 is 22.6. The summed E-state index contributed by atoms with van der Waals surface area (Å²) in [5, 5.41) is 17.8. The molecule has 3 aromatic rings. The molecule has 3 N–H and O–H groups in total. The van der Waals surface area contributed by atoms with E-state index < -0.39 is 16.7 Å². The van der Waals surface area contributed by atoms with E-state index >= 15 is 0 Å². The van der Waals surface area contributed by atoms with E-state index in [1.165, 1.54) is 0 Å². The molecule has 0 fully saturated rings. The first-order valence-electron chi connectivity index (χ1n) is 11.2. The van der Waals surface area contributed by atoms with Crippen LogP contribution >= 0.6 is 0 Å². The van der Waals surface area contributed by atoms with Gasteiger partial charge in [0.25, 0.3) is 0 Å². The van der Waals surface area contributed by atoms with E-state index in [-0.39, 0.29) is 29.7 Å². The zero-order valence-electron chi connectivity index (χ0n) is 18.6. The second kappa shape index (κ2) is 8.76. The number of nitrogens with zero attached hydrogens (tertiary/aromatic N) is 2. The maximum absolute atomic E-state index is 12.9. The van der Waals surface area contributed by atoms with Crippen LogP contribution in [-0.2, 0) is 34.4 Å². The predicted octanol–water partition coefficient (Wildman–Crippen LogP) is 3.82. The smallest absolute Gasteiger partial charge is 0.232 e. The minimum atomic E-state index is -2.09. The van der Waals surface area contributed by atoms with Gasteiger partial charge in [0, 0.05) is 23.6 Å². The lowest BCUT2D eigenvalue weighted by Crippen LogP contribution is -2.48. The van der Waals surface area contributed by atoms with E-state index in [1.807, 2.05) is 55.5 Å². The number of H-pyrrole nitrogens is 1. The first-order valence-corrected chi connectivity index (χ1v) is 12.3. The monoisotopic (exact) mass is 472 g/mol.